The molecule has 0 spiro atoms. The smallest absolute Gasteiger partial charge is 0.316 e. The van der Waals surface area contributed by atoms with Gasteiger partial charge in [0.15, 0.2) is 0 Å². The van der Waals surface area contributed by atoms with Crippen LogP contribution in [0.4, 0.5) is 0 Å². The fourth-order valence-corrected chi connectivity index (χ4v) is 1.27. The van der Waals surface area contributed by atoms with E-state index < -0.39 is 0 Å². The maximum Gasteiger partial charge on any atom is 0.316 e. The van der Waals surface area contributed by atoms with Crippen LogP contribution in [0.3, 0.4) is 0 Å². The zero-order chi connectivity index (χ0) is 10.8. The molecule has 14 heavy (non-hydrogen) atoms. The van der Waals surface area contributed by atoms with Crippen LogP contribution in [0.15, 0.2) is 0 Å². The molecule has 0 aromatic carbocycles. The lowest BCUT2D eigenvalue weighted by Gasteiger charge is -2.04. The van der Waals surface area contributed by atoms with Crippen LogP contribution in [0.1, 0.15) is 0 Å². The van der Waals surface area contributed by atoms with Gasteiger partial charge in [-0.2, -0.15) is 23.5 Å². The molecule has 0 saturated heterocycles. The minimum absolute atomic E-state index is 0.138. The van der Waals surface area contributed by atoms with Crippen LogP contribution < -0.4 is 0 Å². The van der Waals surface area contributed by atoms with Gasteiger partial charge in [-0.3, -0.25) is 9.59 Å². The second-order valence-corrected chi connectivity index (χ2v) is 4.04. The maximum atomic E-state index is 10.8. The highest BCUT2D eigenvalue weighted by molar-refractivity contribution is 7.99. The molecule has 0 heterocycles. The molecule has 4 nitrogen and oxygen atoms in total. The molecular formula is C8H14O4S2. The first kappa shape index (κ1) is 13.6. The van der Waals surface area contributed by atoms with Gasteiger partial charge in [0.25, 0.3) is 0 Å². The van der Waals surface area contributed by atoms with E-state index in [2.05, 4.69) is 0 Å². The standard InChI is InChI=1S/C8H14O4S2/c1-13-5-7(9)11-3-4-12-8(10)6-14-2/h3-6H2,1-2H3. The highest BCUT2D eigenvalue weighted by atomic mass is 32.2. The molecule has 0 aliphatic rings. The number of carbonyl (C=O) groups excluding carboxylic acids is 2. The Morgan fingerprint density at radius 3 is 1.57 bits per heavy atom. The second-order valence-electron chi connectivity index (χ2n) is 2.31. The first-order valence-electron chi connectivity index (χ1n) is 3.99. The Hall–Kier alpha value is -0.360. The van der Waals surface area contributed by atoms with Gasteiger partial charge in [-0.25, -0.2) is 0 Å². The van der Waals surface area contributed by atoms with Gasteiger partial charge < -0.3 is 9.47 Å². The van der Waals surface area contributed by atoms with Gasteiger partial charge in [0.1, 0.15) is 13.2 Å². The SMILES string of the molecule is CSCC(=O)OCCOC(=O)CSC. The van der Waals surface area contributed by atoms with Gasteiger partial charge in [-0.15, -0.1) is 0 Å². The Morgan fingerprint density at radius 2 is 1.29 bits per heavy atom. The largest absolute Gasteiger partial charge is 0.461 e. The molecule has 0 radical (unpaired) electrons. The van der Waals surface area contributed by atoms with E-state index in [0.717, 1.165) is 0 Å². The molecule has 6 heteroatoms. The van der Waals surface area contributed by atoms with Gasteiger partial charge in [0, 0.05) is 0 Å². The summed E-state index contributed by atoms with van der Waals surface area (Å²) in [6, 6.07) is 0. The van der Waals surface area contributed by atoms with E-state index in [4.69, 9.17) is 9.47 Å². The third-order valence-electron chi connectivity index (χ3n) is 1.13. The zero-order valence-corrected chi connectivity index (χ0v) is 9.91. The molecule has 0 aromatic rings. The number of rotatable bonds is 7. The monoisotopic (exact) mass is 238 g/mol. The zero-order valence-electron chi connectivity index (χ0n) is 8.28. The summed E-state index contributed by atoms with van der Waals surface area (Å²) in [5.74, 6) is 0.106. The number of hydrogen-bond acceptors (Lipinski definition) is 6. The summed E-state index contributed by atoms with van der Waals surface area (Å²) >= 11 is 2.79. The van der Waals surface area contributed by atoms with Crippen molar-refractivity contribution in [2.45, 2.75) is 0 Å². The molecule has 0 aromatic heterocycles. The molecule has 0 unspecified atom stereocenters. The van der Waals surface area contributed by atoms with Crippen LogP contribution in [0.25, 0.3) is 0 Å². The van der Waals surface area contributed by atoms with Crippen molar-refractivity contribution >= 4 is 35.5 Å². The van der Waals surface area contributed by atoms with Gasteiger partial charge in [0.05, 0.1) is 11.5 Å². The van der Waals surface area contributed by atoms with Crippen molar-refractivity contribution in [2.24, 2.45) is 0 Å². The summed E-state index contributed by atoms with van der Waals surface area (Å²) in [7, 11) is 0. The van der Waals surface area contributed by atoms with Crippen LogP contribution in [0.2, 0.25) is 0 Å². The van der Waals surface area contributed by atoms with Crippen molar-refractivity contribution < 1.29 is 19.1 Å². The van der Waals surface area contributed by atoms with Crippen molar-refractivity contribution in [2.75, 3.05) is 37.2 Å². The molecule has 0 aliphatic heterocycles. The Kier molecular flexibility index (Phi) is 8.97. The van der Waals surface area contributed by atoms with Crippen molar-refractivity contribution in [1.29, 1.82) is 0 Å². The number of hydrogen-bond donors (Lipinski definition) is 0. The first-order chi connectivity index (χ1) is 6.70. The van der Waals surface area contributed by atoms with Crippen molar-refractivity contribution in [3.8, 4) is 0 Å². The topological polar surface area (TPSA) is 52.6 Å². The third-order valence-corrected chi connectivity index (χ3v) is 2.18. The van der Waals surface area contributed by atoms with E-state index in [1.165, 1.54) is 23.5 Å². The summed E-state index contributed by atoms with van der Waals surface area (Å²) in [5.41, 5.74) is 0. The molecule has 82 valence electrons. The summed E-state index contributed by atoms with van der Waals surface area (Å²) in [6.45, 7) is 0.277. The average Bonchev–Trinajstić information content (AvgIpc) is 2.13. The van der Waals surface area contributed by atoms with E-state index in [0.29, 0.717) is 11.5 Å². The van der Waals surface area contributed by atoms with Crippen LogP contribution >= 0.6 is 23.5 Å². The lowest BCUT2D eigenvalue weighted by atomic mass is 10.7. The first-order valence-corrected chi connectivity index (χ1v) is 6.78. The predicted molar refractivity (Wildman–Crippen MR) is 58.7 cm³/mol. The molecule has 0 amide bonds. The molecule has 0 atom stereocenters. The van der Waals surface area contributed by atoms with Gasteiger partial charge >= 0.3 is 11.9 Å². The van der Waals surface area contributed by atoms with Gasteiger partial charge in [-0.1, -0.05) is 0 Å². The third kappa shape index (κ3) is 8.25. The fourth-order valence-electron chi connectivity index (χ4n) is 0.630. The molecule has 0 rings (SSSR count). The highest BCUT2D eigenvalue weighted by Gasteiger charge is 2.03. The lowest BCUT2D eigenvalue weighted by molar-refractivity contribution is -0.148. The van der Waals surface area contributed by atoms with Crippen molar-refractivity contribution in [3.63, 3.8) is 0 Å². The minimum atomic E-state index is -0.279. The molecule has 0 aliphatic carbocycles. The Morgan fingerprint density at radius 1 is 0.929 bits per heavy atom. The summed E-state index contributed by atoms with van der Waals surface area (Å²) in [6.07, 6.45) is 3.64. The van der Waals surface area contributed by atoms with E-state index in [1.54, 1.807) is 0 Å². The second kappa shape index (κ2) is 9.21. The average molecular weight is 238 g/mol. The van der Waals surface area contributed by atoms with Crippen molar-refractivity contribution in [1.82, 2.24) is 0 Å². The minimum Gasteiger partial charge on any atom is -0.461 e. The van der Waals surface area contributed by atoms with Crippen LogP contribution in [0, 0.1) is 0 Å². The number of carbonyl (C=O) groups is 2. The maximum absolute atomic E-state index is 10.8. The fraction of sp³-hybridized carbons (Fsp3) is 0.750. The van der Waals surface area contributed by atoms with Crippen LogP contribution in [-0.2, 0) is 19.1 Å². The van der Waals surface area contributed by atoms with Crippen LogP contribution in [0.5, 0.6) is 0 Å². The molecule has 0 N–H and O–H groups in total. The van der Waals surface area contributed by atoms with E-state index in [1.807, 2.05) is 12.5 Å². The molecule has 0 fully saturated rings. The van der Waals surface area contributed by atoms with Crippen molar-refractivity contribution in [3.05, 3.63) is 0 Å². The van der Waals surface area contributed by atoms with E-state index >= 15 is 0 Å². The number of esters is 2. The summed E-state index contributed by atoms with van der Waals surface area (Å²) < 4.78 is 9.53. The van der Waals surface area contributed by atoms with E-state index in [-0.39, 0.29) is 25.2 Å². The number of ether oxygens (including phenoxy) is 2. The quantitative estimate of drug-likeness (QED) is 0.483. The Labute approximate surface area is 92.1 Å². The summed E-state index contributed by atoms with van der Waals surface area (Å²) in [4.78, 5) is 21.7. The Balaban J connectivity index is 3.28. The number of thioether (sulfide) groups is 2. The lowest BCUT2D eigenvalue weighted by Crippen LogP contribution is -2.15. The predicted octanol–water partition coefficient (Wildman–Crippen LogP) is 0.799. The normalized spacial score (nSPS) is 9.57. The molecular weight excluding hydrogens is 224 g/mol. The summed E-state index contributed by atoms with van der Waals surface area (Å²) in [5, 5.41) is 0. The Bertz CT molecular complexity index is 164. The van der Waals surface area contributed by atoms with E-state index in [9.17, 15) is 9.59 Å². The molecule has 0 saturated carbocycles. The van der Waals surface area contributed by atoms with Crippen LogP contribution in [-0.4, -0.2) is 49.2 Å². The van der Waals surface area contributed by atoms with Gasteiger partial charge in [-0.05, 0) is 12.5 Å². The van der Waals surface area contributed by atoms with Gasteiger partial charge in [0.2, 0.25) is 0 Å². The molecule has 0 bridgehead atoms. The highest BCUT2D eigenvalue weighted by Crippen LogP contribution is 1.95.